The summed E-state index contributed by atoms with van der Waals surface area (Å²) in [6.45, 7) is 2.72. The minimum absolute atomic E-state index is 0.0997. The van der Waals surface area contributed by atoms with Gasteiger partial charge in [-0.15, -0.1) is 16.4 Å². The number of piperidine rings is 1. The summed E-state index contributed by atoms with van der Waals surface area (Å²) in [4.78, 5) is 16.7. The van der Waals surface area contributed by atoms with Crippen molar-refractivity contribution in [2.75, 3.05) is 19.7 Å². The van der Waals surface area contributed by atoms with E-state index in [1.165, 1.54) is 16.0 Å². The van der Waals surface area contributed by atoms with Crippen LogP contribution in [-0.2, 0) is 7.05 Å². The highest BCUT2D eigenvalue weighted by molar-refractivity contribution is 7.18. The van der Waals surface area contributed by atoms with Crippen molar-refractivity contribution in [3.05, 3.63) is 40.3 Å². The second-order valence-electron chi connectivity index (χ2n) is 6.33. The van der Waals surface area contributed by atoms with E-state index in [2.05, 4.69) is 15.4 Å². The van der Waals surface area contributed by atoms with Crippen LogP contribution < -0.4 is 15.6 Å². The van der Waals surface area contributed by atoms with Crippen molar-refractivity contribution in [1.82, 2.24) is 20.1 Å². The van der Waals surface area contributed by atoms with Crippen molar-refractivity contribution in [3.8, 4) is 17.0 Å². The fourth-order valence-electron chi connectivity index (χ4n) is 3.20. The number of hydrogen-bond acceptors (Lipinski definition) is 6. The quantitative estimate of drug-likeness (QED) is 0.778. The summed E-state index contributed by atoms with van der Waals surface area (Å²) in [5.41, 5.74) is 1.79. The zero-order chi connectivity index (χ0) is 17.2. The molecule has 0 atom stereocenters. The van der Waals surface area contributed by atoms with Crippen LogP contribution >= 0.6 is 11.3 Å². The van der Waals surface area contributed by atoms with E-state index in [9.17, 15) is 4.79 Å². The molecule has 0 aliphatic carbocycles. The molecule has 3 aromatic rings. The number of nitrogens with zero attached hydrogens (tertiary/aromatic N) is 3. The van der Waals surface area contributed by atoms with E-state index in [4.69, 9.17) is 4.74 Å². The zero-order valence-corrected chi connectivity index (χ0v) is 14.9. The molecule has 0 aromatic carbocycles. The maximum atomic E-state index is 12.7. The van der Waals surface area contributed by atoms with Crippen LogP contribution in [0.1, 0.15) is 12.8 Å². The SMILES string of the molecule is Cn1nc(OCC2CCNCC2)c2scc(-c3ccncc3)c2c1=O. The number of fused-ring (bicyclic) bond motifs is 1. The molecule has 0 spiro atoms. The fraction of sp³-hybridized carbons (Fsp3) is 0.389. The van der Waals surface area contributed by atoms with Gasteiger partial charge in [0.1, 0.15) is 4.70 Å². The van der Waals surface area contributed by atoms with Gasteiger partial charge in [-0.1, -0.05) is 0 Å². The van der Waals surface area contributed by atoms with Crippen LogP contribution in [0.2, 0.25) is 0 Å². The Morgan fingerprint density at radius 3 is 2.84 bits per heavy atom. The molecule has 4 heterocycles. The minimum atomic E-state index is -0.0997. The number of aryl methyl sites for hydroxylation is 1. The van der Waals surface area contributed by atoms with Crippen LogP contribution in [0.25, 0.3) is 21.2 Å². The molecular weight excluding hydrogens is 336 g/mol. The summed E-state index contributed by atoms with van der Waals surface area (Å²) >= 11 is 1.51. The van der Waals surface area contributed by atoms with Gasteiger partial charge in [-0.3, -0.25) is 9.78 Å². The molecule has 0 unspecified atom stereocenters. The Hall–Kier alpha value is -2.25. The molecule has 0 bridgehead atoms. The molecule has 0 saturated carbocycles. The topological polar surface area (TPSA) is 69.0 Å². The summed E-state index contributed by atoms with van der Waals surface area (Å²) in [5, 5.41) is 10.4. The summed E-state index contributed by atoms with van der Waals surface area (Å²) in [7, 11) is 1.67. The van der Waals surface area contributed by atoms with Crippen LogP contribution in [0.3, 0.4) is 0 Å². The number of rotatable bonds is 4. The van der Waals surface area contributed by atoms with Gasteiger partial charge >= 0.3 is 0 Å². The monoisotopic (exact) mass is 356 g/mol. The first-order valence-electron chi connectivity index (χ1n) is 8.46. The Bertz CT molecular complexity index is 929. The average molecular weight is 356 g/mol. The lowest BCUT2D eigenvalue weighted by Crippen LogP contribution is -2.31. The first-order chi connectivity index (χ1) is 12.2. The first kappa shape index (κ1) is 16.2. The van der Waals surface area contributed by atoms with Gasteiger partial charge in [0.15, 0.2) is 0 Å². The molecule has 0 amide bonds. The Morgan fingerprint density at radius 1 is 1.32 bits per heavy atom. The second kappa shape index (κ2) is 6.93. The third kappa shape index (κ3) is 3.17. The Balaban J connectivity index is 1.72. The van der Waals surface area contributed by atoms with Crippen LogP contribution in [-0.4, -0.2) is 34.5 Å². The molecule has 0 radical (unpaired) electrons. The van der Waals surface area contributed by atoms with E-state index in [0.29, 0.717) is 23.8 Å². The van der Waals surface area contributed by atoms with E-state index in [1.54, 1.807) is 19.4 Å². The highest BCUT2D eigenvalue weighted by Crippen LogP contribution is 2.35. The molecule has 1 saturated heterocycles. The lowest BCUT2D eigenvalue weighted by Gasteiger charge is -2.22. The van der Waals surface area contributed by atoms with Gasteiger partial charge in [0, 0.05) is 30.4 Å². The highest BCUT2D eigenvalue weighted by atomic mass is 32.1. The fourth-order valence-corrected chi connectivity index (χ4v) is 4.21. The molecule has 7 heteroatoms. The highest BCUT2D eigenvalue weighted by Gasteiger charge is 2.19. The van der Waals surface area contributed by atoms with Crippen molar-refractivity contribution in [2.24, 2.45) is 13.0 Å². The summed E-state index contributed by atoms with van der Waals surface area (Å²) in [6.07, 6.45) is 5.70. The maximum Gasteiger partial charge on any atom is 0.276 e. The molecule has 25 heavy (non-hydrogen) atoms. The molecule has 6 nitrogen and oxygen atoms in total. The van der Waals surface area contributed by atoms with E-state index < -0.39 is 0 Å². The molecule has 4 rings (SSSR count). The van der Waals surface area contributed by atoms with Gasteiger partial charge < -0.3 is 10.1 Å². The van der Waals surface area contributed by atoms with Gasteiger partial charge in [-0.05, 0) is 49.5 Å². The molecule has 1 aliphatic rings. The van der Waals surface area contributed by atoms with Crippen molar-refractivity contribution >= 4 is 21.4 Å². The average Bonchev–Trinajstić information content (AvgIpc) is 3.11. The van der Waals surface area contributed by atoms with Gasteiger partial charge in [0.05, 0.1) is 12.0 Å². The number of aromatic nitrogens is 3. The zero-order valence-electron chi connectivity index (χ0n) is 14.1. The van der Waals surface area contributed by atoms with E-state index in [0.717, 1.165) is 41.8 Å². The largest absolute Gasteiger partial charge is 0.475 e. The molecular formula is C18H20N4O2S. The van der Waals surface area contributed by atoms with Crippen molar-refractivity contribution < 1.29 is 4.74 Å². The standard InChI is InChI=1S/C18H20N4O2S/c1-22-18(23)15-14(13-4-8-20-9-5-13)11-25-16(15)17(21-22)24-10-12-2-6-19-7-3-12/h4-5,8-9,11-12,19H,2-3,6-7,10H2,1H3. The lowest BCUT2D eigenvalue weighted by atomic mass is 9.99. The smallest absolute Gasteiger partial charge is 0.276 e. The molecule has 130 valence electrons. The van der Waals surface area contributed by atoms with E-state index in [1.807, 2.05) is 17.5 Å². The Labute approximate surface area is 149 Å². The number of ether oxygens (including phenoxy) is 1. The van der Waals surface area contributed by atoms with Crippen LogP contribution in [0.4, 0.5) is 0 Å². The minimum Gasteiger partial charge on any atom is -0.475 e. The van der Waals surface area contributed by atoms with Gasteiger partial charge in [0.25, 0.3) is 5.56 Å². The predicted molar refractivity (Wildman–Crippen MR) is 99.2 cm³/mol. The summed E-state index contributed by atoms with van der Waals surface area (Å²) < 4.78 is 8.24. The van der Waals surface area contributed by atoms with E-state index in [-0.39, 0.29) is 5.56 Å². The molecule has 1 N–H and O–H groups in total. The van der Waals surface area contributed by atoms with Crippen molar-refractivity contribution in [2.45, 2.75) is 12.8 Å². The lowest BCUT2D eigenvalue weighted by molar-refractivity contribution is 0.208. The Kier molecular flexibility index (Phi) is 4.50. The number of thiophene rings is 1. The number of pyridine rings is 1. The van der Waals surface area contributed by atoms with Crippen molar-refractivity contribution in [3.63, 3.8) is 0 Å². The third-order valence-corrected chi connectivity index (χ3v) is 5.61. The number of hydrogen-bond donors (Lipinski definition) is 1. The van der Waals surface area contributed by atoms with Crippen molar-refractivity contribution in [1.29, 1.82) is 0 Å². The van der Waals surface area contributed by atoms with Gasteiger partial charge in [0.2, 0.25) is 5.88 Å². The second-order valence-corrected chi connectivity index (χ2v) is 7.21. The molecule has 3 aromatic heterocycles. The Morgan fingerprint density at radius 2 is 2.08 bits per heavy atom. The number of nitrogens with one attached hydrogen (secondary N) is 1. The summed E-state index contributed by atoms with van der Waals surface area (Å²) in [6, 6.07) is 3.83. The molecule has 1 fully saturated rings. The van der Waals surface area contributed by atoms with Crippen LogP contribution in [0.5, 0.6) is 5.88 Å². The van der Waals surface area contributed by atoms with Gasteiger partial charge in [-0.2, -0.15) is 0 Å². The summed E-state index contributed by atoms with van der Waals surface area (Å²) in [5.74, 6) is 1.09. The van der Waals surface area contributed by atoms with Gasteiger partial charge in [-0.25, -0.2) is 4.68 Å². The maximum absolute atomic E-state index is 12.7. The van der Waals surface area contributed by atoms with E-state index >= 15 is 0 Å². The van der Waals surface area contributed by atoms with Crippen LogP contribution in [0, 0.1) is 5.92 Å². The normalized spacial score (nSPS) is 15.6. The predicted octanol–water partition coefficient (Wildman–Crippen LogP) is 2.44. The van der Waals surface area contributed by atoms with Crippen LogP contribution in [0.15, 0.2) is 34.7 Å². The first-order valence-corrected chi connectivity index (χ1v) is 9.34. The third-order valence-electron chi connectivity index (χ3n) is 4.64. The molecule has 1 aliphatic heterocycles.